The van der Waals surface area contributed by atoms with Gasteiger partial charge in [-0.2, -0.15) is 0 Å². The van der Waals surface area contributed by atoms with Crippen molar-refractivity contribution in [2.45, 2.75) is 84.7 Å². The van der Waals surface area contributed by atoms with Crippen molar-refractivity contribution in [2.75, 3.05) is 6.61 Å². The van der Waals surface area contributed by atoms with E-state index in [1.165, 1.54) is 38.5 Å². The standard InChI is InChI=1S/C15H30O3/c1-5-6-7-8-9-10-11-12-13-17-14(16)18-15(2,3)4/h5-13H2,1-4H3. The number of ether oxygens (including phenoxy) is 2. The second-order valence-electron chi connectivity index (χ2n) is 5.79. The molecule has 0 aliphatic heterocycles. The third kappa shape index (κ3) is 13.3. The van der Waals surface area contributed by atoms with Crippen LogP contribution in [0.2, 0.25) is 0 Å². The highest BCUT2D eigenvalue weighted by Crippen LogP contribution is 2.10. The Labute approximate surface area is 112 Å². The van der Waals surface area contributed by atoms with E-state index >= 15 is 0 Å². The quantitative estimate of drug-likeness (QED) is 0.427. The first-order valence-corrected chi connectivity index (χ1v) is 7.31. The van der Waals surface area contributed by atoms with Crippen LogP contribution in [0.25, 0.3) is 0 Å². The predicted octanol–water partition coefficient (Wildman–Crippen LogP) is 5.08. The van der Waals surface area contributed by atoms with Crippen LogP contribution < -0.4 is 0 Å². The molecule has 0 amide bonds. The Kier molecular flexibility index (Phi) is 9.80. The highest BCUT2D eigenvalue weighted by Gasteiger charge is 2.16. The summed E-state index contributed by atoms with van der Waals surface area (Å²) in [5.41, 5.74) is -0.462. The van der Waals surface area contributed by atoms with Gasteiger partial charge in [-0.05, 0) is 27.2 Å². The monoisotopic (exact) mass is 258 g/mol. The molecule has 0 atom stereocenters. The summed E-state index contributed by atoms with van der Waals surface area (Å²) >= 11 is 0. The number of unbranched alkanes of at least 4 members (excludes halogenated alkanes) is 7. The number of carbonyl (C=O) groups is 1. The lowest BCUT2D eigenvalue weighted by atomic mass is 10.1. The molecule has 0 radical (unpaired) electrons. The van der Waals surface area contributed by atoms with Crippen LogP contribution in [0.5, 0.6) is 0 Å². The molecule has 0 aromatic carbocycles. The summed E-state index contributed by atoms with van der Waals surface area (Å²) in [6.07, 6.45) is 9.39. The summed E-state index contributed by atoms with van der Waals surface area (Å²) in [4.78, 5) is 11.2. The van der Waals surface area contributed by atoms with Crippen LogP contribution in [-0.2, 0) is 9.47 Å². The van der Waals surface area contributed by atoms with Gasteiger partial charge in [-0.3, -0.25) is 0 Å². The fourth-order valence-electron chi connectivity index (χ4n) is 1.67. The Morgan fingerprint density at radius 2 is 1.39 bits per heavy atom. The molecular formula is C15H30O3. The molecule has 0 aromatic heterocycles. The van der Waals surface area contributed by atoms with Gasteiger partial charge in [0.1, 0.15) is 5.60 Å². The normalized spacial score (nSPS) is 11.3. The molecule has 0 saturated heterocycles. The maximum atomic E-state index is 11.2. The van der Waals surface area contributed by atoms with E-state index in [-0.39, 0.29) is 0 Å². The largest absolute Gasteiger partial charge is 0.508 e. The first-order valence-electron chi connectivity index (χ1n) is 7.31. The molecule has 3 heteroatoms. The predicted molar refractivity (Wildman–Crippen MR) is 74.8 cm³/mol. The molecule has 0 fully saturated rings. The molecule has 0 saturated carbocycles. The summed E-state index contributed by atoms with van der Waals surface area (Å²) in [6, 6.07) is 0. The summed E-state index contributed by atoms with van der Waals surface area (Å²) in [5.74, 6) is 0. The molecule has 0 unspecified atom stereocenters. The van der Waals surface area contributed by atoms with Crippen LogP contribution >= 0.6 is 0 Å². The van der Waals surface area contributed by atoms with E-state index < -0.39 is 11.8 Å². The Morgan fingerprint density at radius 1 is 0.889 bits per heavy atom. The number of rotatable bonds is 9. The van der Waals surface area contributed by atoms with Gasteiger partial charge >= 0.3 is 6.16 Å². The maximum Gasteiger partial charge on any atom is 0.508 e. The molecule has 18 heavy (non-hydrogen) atoms. The summed E-state index contributed by atoms with van der Waals surface area (Å²) in [6.45, 7) is 8.22. The van der Waals surface area contributed by atoms with Crippen molar-refractivity contribution < 1.29 is 14.3 Å². The minimum absolute atomic E-state index is 0.462. The van der Waals surface area contributed by atoms with Crippen molar-refractivity contribution in [3.05, 3.63) is 0 Å². The third-order valence-electron chi connectivity index (χ3n) is 2.61. The van der Waals surface area contributed by atoms with E-state index in [9.17, 15) is 4.79 Å². The van der Waals surface area contributed by atoms with Crippen LogP contribution in [0, 0.1) is 0 Å². The topological polar surface area (TPSA) is 35.5 Å². The smallest absolute Gasteiger partial charge is 0.434 e. The van der Waals surface area contributed by atoms with Gasteiger partial charge in [0.05, 0.1) is 6.61 Å². The van der Waals surface area contributed by atoms with Crippen molar-refractivity contribution in [1.82, 2.24) is 0 Å². The highest BCUT2D eigenvalue weighted by atomic mass is 16.7. The molecule has 0 heterocycles. The molecule has 0 aliphatic rings. The molecule has 0 rings (SSSR count). The maximum absolute atomic E-state index is 11.2. The first-order chi connectivity index (χ1) is 8.45. The van der Waals surface area contributed by atoms with E-state index in [4.69, 9.17) is 9.47 Å². The molecular weight excluding hydrogens is 228 g/mol. The van der Waals surface area contributed by atoms with Crippen molar-refractivity contribution >= 4 is 6.16 Å². The van der Waals surface area contributed by atoms with Crippen LogP contribution in [0.15, 0.2) is 0 Å². The van der Waals surface area contributed by atoms with E-state index in [1.54, 1.807) is 0 Å². The molecule has 0 aromatic rings. The second kappa shape index (κ2) is 10.2. The fraction of sp³-hybridized carbons (Fsp3) is 0.933. The summed E-state index contributed by atoms with van der Waals surface area (Å²) in [7, 11) is 0. The molecule has 3 nitrogen and oxygen atoms in total. The minimum atomic E-state index is -0.551. The van der Waals surface area contributed by atoms with E-state index in [0.29, 0.717) is 6.61 Å². The third-order valence-corrected chi connectivity index (χ3v) is 2.61. The fourth-order valence-corrected chi connectivity index (χ4v) is 1.67. The van der Waals surface area contributed by atoms with Crippen molar-refractivity contribution in [3.63, 3.8) is 0 Å². The highest BCUT2D eigenvalue weighted by molar-refractivity contribution is 5.60. The van der Waals surface area contributed by atoms with E-state index in [0.717, 1.165) is 12.8 Å². The lowest BCUT2D eigenvalue weighted by Crippen LogP contribution is -2.24. The summed E-state index contributed by atoms with van der Waals surface area (Å²) < 4.78 is 10.1. The van der Waals surface area contributed by atoms with Gasteiger partial charge in [-0.1, -0.05) is 51.9 Å². The van der Waals surface area contributed by atoms with Crippen molar-refractivity contribution in [3.8, 4) is 0 Å². The second-order valence-corrected chi connectivity index (χ2v) is 5.79. The molecule has 0 bridgehead atoms. The molecule has 0 N–H and O–H groups in total. The molecule has 0 aliphatic carbocycles. The van der Waals surface area contributed by atoms with Crippen LogP contribution in [0.1, 0.15) is 79.1 Å². The van der Waals surface area contributed by atoms with E-state index in [1.807, 2.05) is 20.8 Å². The Hall–Kier alpha value is -0.730. The van der Waals surface area contributed by atoms with Gasteiger partial charge in [0.15, 0.2) is 0 Å². The van der Waals surface area contributed by atoms with Crippen molar-refractivity contribution in [1.29, 1.82) is 0 Å². The van der Waals surface area contributed by atoms with Crippen LogP contribution in [0.4, 0.5) is 4.79 Å². The average Bonchev–Trinajstić information content (AvgIpc) is 2.24. The lowest BCUT2D eigenvalue weighted by molar-refractivity contribution is -0.00770. The van der Waals surface area contributed by atoms with Crippen LogP contribution in [0.3, 0.4) is 0 Å². The lowest BCUT2D eigenvalue weighted by Gasteiger charge is -2.18. The minimum Gasteiger partial charge on any atom is -0.434 e. The number of carbonyl (C=O) groups excluding carboxylic acids is 1. The number of hydrogen-bond donors (Lipinski definition) is 0. The van der Waals surface area contributed by atoms with Gasteiger partial charge in [0.25, 0.3) is 0 Å². The van der Waals surface area contributed by atoms with Gasteiger partial charge in [-0.15, -0.1) is 0 Å². The zero-order valence-corrected chi connectivity index (χ0v) is 12.6. The zero-order chi connectivity index (χ0) is 13.9. The zero-order valence-electron chi connectivity index (χ0n) is 12.6. The van der Waals surface area contributed by atoms with Gasteiger partial charge < -0.3 is 9.47 Å². The van der Waals surface area contributed by atoms with Gasteiger partial charge in [0, 0.05) is 0 Å². The first kappa shape index (κ1) is 17.3. The molecule has 0 spiro atoms. The number of hydrogen-bond acceptors (Lipinski definition) is 3. The average molecular weight is 258 g/mol. The SMILES string of the molecule is CCCCCCCCCCOC(=O)OC(C)(C)C. The Balaban J connectivity index is 3.23. The summed E-state index contributed by atoms with van der Waals surface area (Å²) in [5, 5.41) is 0. The Morgan fingerprint density at radius 3 is 1.89 bits per heavy atom. The van der Waals surface area contributed by atoms with Crippen molar-refractivity contribution in [2.24, 2.45) is 0 Å². The molecule has 108 valence electrons. The van der Waals surface area contributed by atoms with Gasteiger partial charge in [0.2, 0.25) is 0 Å². The Bertz CT molecular complexity index is 206. The van der Waals surface area contributed by atoms with Crippen LogP contribution in [-0.4, -0.2) is 18.4 Å². The van der Waals surface area contributed by atoms with Gasteiger partial charge in [-0.25, -0.2) is 4.79 Å². The van der Waals surface area contributed by atoms with E-state index in [2.05, 4.69) is 6.92 Å².